The first-order chi connectivity index (χ1) is 22.1. The van der Waals surface area contributed by atoms with Gasteiger partial charge in [-0.15, -0.1) is 0 Å². The van der Waals surface area contributed by atoms with Crippen LogP contribution in [0.1, 0.15) is 25.0 Å². The van der Waals surface area contributed by atoms with Gasteiger partial charge in [-0.3, -0.25) is 0 Å². The summed E-state index contributed by atoms with van der Waals surface area (Å²) in [6, 6.07) is 58.2. The zero-order valence-corrected chi connectivity index (χ0v) is 25.5. The number of hydrogen-bond acceptors (Lipinski definition) is 0. The molecule has 0 saturated heterocycles. The molecule has 1 aliphatic carbocycles. The van der Waals surface area contributed by atoms with Gasteiger partial charge >= 0.3 is 0 Å². The molecule has 0 atom stereocenters. The summed E-state index contributed by atoms with van der Waals surface area (Å²) in [7, 11) is 0. The van der Waals surface area contributed by atoms with Crippen molar-refractivity contribution in [2.75, 3.05) is 0 Å². The van der Waals surface area contributed by atoms with Crippen LogP contribution in [0.5, 0.6) is 0 Å². The highest BCUT2D eigenvalue weighted by Gasteiger charge is 2.38. The van der Waals surface area contributed by atoms with Gasteiger partial charge in [0.15, 0.2) is 0 Å². The molecule has 0 spiro atoms. The van der Waals surface area contributed by atoms with Crippen molar-refractivity contribution in [1.82, 2.24) is 0 Å². The molecule has 9 rings (SSSR count). The van der Waals surface area contributed by atoms with Gasteiger partial charge in [0.05, 0.1) is 0 Å². The Balaban J connectivity index is 1.24. The molecule has 8 aromatic carbocycles. The second-order valence-electron chi connectivity index (χ2n) is 12.8. The van der Waals surface area contributed by atoms with E-state index in [0.717, 1.165) is 0 Å². The normalized spacial score (nSPS) is 13.3. The van der Waals surface area contributed by atoms with E-state index in [2.05, 4.69) is 172 Å². The van der Waals surface area contributed by atoms with E-state index in [0.29, 0.717) is 0 Å². The van der Waals surface area contributed by atoms with Crippen molar-refractivity contribution in [3.63, 3.8) is 0 Å². The maximum atomic E-state index is 2.38. The van der Waals surface area contributed by atoms with Crippen LogP contribution in [0.3, 0.4) is 0 Å². The third-order valence-electron chi connectivity index (χ3n) is 10.0. The van der Waals surface area contributed by atoms with Crippen LogP contribution in [0.2, 0.25) is 0 Å². The lowest BCUT2D eigenvalue weighted by molar-refractivity contribution is 0.666. The molecule has 0 bridgehead atoms. The molecule has 0 fully saturated rings. The standard InChI is InChI=1S/C45H32/c1-45(2)40-22-12-21-33(43(40)39-28-27-29-13-6-7-16-34(29)44(39)45)30-23-25-32(26-24-30)42-37-19-10-8-17-35(37)41(31-14-4-3-5-15-31)36-18-9-11-20-38(36)42/h3-28H,1-2H3. The lowest BCUT2D eigenvalue weighted by Gasteiger charge is -2.23. The second kappa shape index (κ2) is 9.78. The van der Waals surface area contributed by atoms with Crippen LogP contribution < -0.4 is 0 Å². The predicted octanol–water partition coefficient (Wildman–Crippen LogP) is 12.5. The fourth-order valence-corrected chi connectivity index (χ4v) is 8.06. The van der Waals surface area contributed by atoms with Gasteiger partial charge in [0.1, 0.15) is 0 Å². The van der Waals surface area contributed by atoms with Crippen molar-refractivity contribution in [1.29, 1.82) is 0 Å². The van der Waals surface area contributed by atoms with Crippen LogP contribution in [0.4, 0.5) is 0 Å². The Morgan fingerprint density at radius 3 is 1.47 bits per heavy atom. The average molecular weight is 573 g/mol. The van der Waals surface area contributed by atoms with Gasteiger partial charge < -0.3 is 0 Å². The maximum Gasteiger partial charge on any atom is 0.0165 e. The van der Waals surface area contributed by atoms with Crippen molar-refractivity contribution in [3.8, 4) is 44.5 Å². The lowest BCUT2D eigenvalue weighted by atomic mass is 9.80. The SMILES string of the molecule is CC1(C)c2cccc(-c3ccc(-c4c5ccccc5c(-c5ccccc5)c5ccccc45)cc3)c2-c2ccc3ccccc3c21. The molecule has 0 nitrogen and oxygen atoms in total. The largest absolute Gasteiger partial charge is 0.0622 e. The molecule has 0 heteroatoms. The zero-order valence-electron chi connectivity index (χ0n) is 25.5. The fourth-order valence-electron chi connectivity index (χ4n) is 8.06. The highest BCUT2D eigenvalue weighted by Crippen LogP contribution is 2.54. The van der Waals surface area contributed by atoms with E-state index in [4.69, 9.17) is 0 Å². The molecule has 0 amide bonds. The van der Waals surface area contributed by atoms with E-state index in [9.17, 15) is 0 Å². The van der Waals surface area contributed by atoms with Crippen molar-refractivity contribution in [3.05, 3.63) is 169 Å². The van der Waals surface area contributed by atoms with Crippen molar-refractivity contribution < 1.29 is 0 Å². The summed E-state index contributed by atoms with van der Waals surface area (Å²) in [5.74, 6) is 0. The van der Waals surface area contributed by atoms with E-state index in [1.54, 1.807) is 0 Å². The number of rotatable bonds is 3. The Bertz CT molecular complexity index is 2370. The van der Waals surface area contributed by atoms with E-state index in [1.807, 2.05) is 0 Å². The van der Waals surface area contributed by atoms with Gasteiger partial charge in [-0.2, -0.15) is 0 Å². The van der Waals surface area contributed by atoms with Gasteiger partial charge in [-0.1, -0.05) is 172 Å². The van der Waals surface area contributed by atoms with Crippen LogP contribution in [0.25, 0.3) is 76.8 Å². The molecule has 8 aromatic rings. The topological polar surface area (TPSA) is 0 Å². The summed E-state index contributed by atoms with van der Waals surface area (Å²) in [6.45, 7) is 4.76. The van der Waals surface area contributed by atoms with Crippen LogP contribution in [-0.2, 0) is 5.41 Å². The summed E-state index contributed by atoms with van der Waals surface area (Å²) in [5.41, 5.74) is 13.2. The zero-order chi connectivity index (χ0) is 30.1. The smallest absolute Gasteiger partial charge is 0.0165 e. The van der Waals surface area contributed by atoms with Crippen molar-refractivity contribution in [2.45, 2.75) is 19.3 Å². The van der Waals surface area contributed by atoms with Crippen LogP contribution in [-0.4, -0.2) is 0 Å². The summed E-state index contributed by atoms with van der Waals surface area (Å²) >= 11 is 0. The summed E-state index contributed by atoms with van der Waals surface area (Å²) in [4.78, 5) is 0. The van der Waals surface area contributed by atoms with Crippen molar-refractivity contribution >= 4 is 32.3 Å². The Hall–Kier alpha value is -5.46. The fraction of sp³-hybridized carbons (Fsp3) is 0.0667. The first kappa shape index (κ1) is 26.0. The molecule has 0 N–H and O–H groups in total. The molecule has 0 aliphatic heterocycles. The van der Waals surface area contributed by atoms with Gasteiger partial charge in [-0.05, 0) is 88.0 Å². The summed E-state index contributed by atoms with van der Waals surface area (Å²) in [5, 5.41) is 7.80. The summed E-state index contributed by atoms with van der Waals surface area (Å²) in [6.07, 6.45) is 0. The minimum atomic E-state index is -0.0696. The Labute approximate surface area is 264 Å². The van der Waals surface area contributed by atoms with Gasteiger partial charge in [0.2, 0.25) is 0 Å². The highest BCUT2D eigenvalue weighted by atomic mass is 14.4. The molecular formula is C45H32. The number of benzene rings is 8. The molecule has 0 unspecified atom stereocenters. The van der Waals surface area contributed by atoms with E-state index >= 15 is 0 Å². The van der Waals surface area contributed by atoms with Crippen LogP contribution in [0.15, 0.2) is 158 Å². The van der Waals surface area contributed by atoms with Crippen LogP contribution in [0, 0.1) is 0 Å². The molecule has 1 aliphatic rings. The van der Waals surface area contributed by atoms with E-state index < -0.39 is 0 Å². The third-order valence-corrected chi connectivity index (χ3v) is 10.0. The Kier molecular flexibility index (Phi) is 5.64. The molecule has 0 radical (unpaired) electrons. The van der Waals surface area contributed by atoms with Crippen LogP contribution >= 0.6 is 0 Å². The minimum Gasteiger partial charge on any atom is -0.0622 e. The molecule has 212 valence electrons. The number of fused-ring (bicyclic) bond motifs is 7. The number of hydrogen-bond donors (Lipinski definition) is 0. The highest BCUT2D eigenvalue weighted by molar-refractivity contribution is 6.21. The Morgan fingerprint density at radius 2 is 0.844 bits per heavy atom. The maximum absolute atomic E-state index is 2.38. The lowest BCUT2D eigenvalue weighted by Crippen LogP contribution is -2.15. The molecule has 45 heavy (non-hydrogen) atoms. The molecule has 0 saturated carbocycles. The molecular weight excluding hydrogens is 540 g/mol. The first-order valence-electron chi connectivity index (χ1n) is 15.9. The monoisotopic (exact) mass is 572 g/mol. The molecule has 0 aromatic heterocycles. The Morgan fingerprint density at radius 1 is 0.333 bits per heavy atom. The van der Waals surface area contributed by atoms with E-state index in [1.165, 1.54) is 88.0 Å². The average Bonchev–Trinajstić information content (AvgIpc) is 3.34. The van der Waals surface area contributed by atoms with Gasteiger partial charge in [-0.25, -0.2) is 0 Å². The third kappa shape index (κ3) is 3.79. The van der Waals surface area contributed by atoms with Gasteiger partial charge in [0.25, 0.3) is 0 Å². The van der Waals surface area contributed by atoms with Gasteiger partial charge in [0, 0.05) is 5.41 Å². The quantitative estimate of drug-likeness (QED) is 0.185. The van der Waals surface area contributed by atoms with E-state index in [-0.39, 0.29) is 5.41 Å². The van der Waals surface area contributed by atoms with Crippen molar-refractivity contribution in [2.24, 2.45) is 0 Å². The first-order valence-corrected chi connectivity index (χ1v) is 15.9. The second-order valence-corrected chi connectivity index (χ2v) is 12.8. The minimum absolute atomic E-state index is 0.0696. The molecule has 0 heterocycles. The summed E-state index contributed by atoms with van der Waals surface area (Å²) < 4.78 is 0. The predicted molar refractivity (Wildman–Crippen MR) is 193 cm³/mol.